The second-order valence-electron chi connectivity index (χ2n) is 6.93. The highest BCUT2D eigenvalue weighted by molar-refractivity contribution is 6.31. The minimum Gasteiger partial charge on any atom is -0.356 e. The van der Waals surface area contributed by atoms with Gasteiger partial charge in [-0.3, -0.25) is 10.1 Å². The number of hydrogen-bond donors (Lipinski definition) is 3. The molecule has 3 heterocycles. The van der Waals surface area contributed by atoms with Crippen molar-refractivity contribution in [3.05, 3.63) is 63.8 Å². The zero-order valence-corrected chi connectivity index (χ0v) is 14.5. The van der Waals surface area contributed by atoms with Crippen LogP contribution in [0.5, 0.6) is 0 Å². The molecule has 7 heteroatoms. The minimum absolute atomic E-state index is 0.0507. The van der Waals surface area contributed by atoms with Crippen LogP contribution in [-0.2, 0) is 16.8 Å². The fourth-order valence-electron chi connectivity index (χ4n) is 4.24. The molecule has 2 aromatic carbocycles. The van der Waals surface area contributed by atoms with Crippen LogP contribution in [0.2, 0.25) is 5.02 Å². The molecule has 0 radical (unpaired) electrons. The molecule has 1 aromatic heterocycles. The van der Waals surface area contributed by atoms with Gasteiger partial charge in [0.25, 0.3) is 5.91 Å². The summed E-state index contributed by atoms with van der Waals surface area (Å²) in [7, 11) is 0. The molecule has 5 rings (SSSR count). The third-order valence-corrected chi connectivity index (χ3v) is 5.50. The van der Waals surface area contributed by atoms with Crippen LogP contribution in [0.1, 0.15) is 23.7 Å². The fraction of sp³-hybridized carbons (Fsp3) is 0.211. The maximum atomic E-state index is 13.8. The number of halogens is 3. The molecule has 3 N–H and O–H groups in total. The molecule has 2 aliphatic heterocycles. The Kier molecular flexibility index (Phi) is 3.07. The van der Waals surface area contributed by atoms with Crippen LogP contribution in [-0.4, -0.2) is 16.9 Å². The van der Waals surface area contributed by atoms with E-state index in [1.54, 1.807) is 18.2 Å². The van der Waals surface area contributed by atoms with Crippen molar-refractivity contribution in [1.29, 1.82) is 0 Å². The zero-order valence-electron chi connectivity index (χ0n) is 13.7. The highest BCUT2D eigenvalue weighted by Crippen LogP contribution is 2.47. The first-order valence-electron chi connectivity index (χ1n) is 8.29. The fourth-order valence-corrected chi connectivity index (χ4v) is 4.41. The number of benzene rings is 2. The first kappa shape index (κ1) is 15.8. The molecule has 26 heavy (non-hydrogen) atoms. The number of aromatic amines is 1. The lowest BCUT2D eigenvalue weighted by Crippen LogP contribution is -2.56. The van der Waals surface area contributed by atoms with Crippen LogP contribution in [0.3, 0.4) is 0 Å². The second-order valence-corrected chi connectivity index (χ2v) is 7.37. The van der Waals surface area contributed by atoms with E-state index in [0.29, 0.717) is 39.3 Å². The average molecular weight is 374 g/mol. The van der Waals surface area contributed by atoms with E-state index in [1.807, 2.05) is 6.92 Å². The molecule has 2 aliphatic rings. The quantitative estimate of drug-likeness (QED) is 0.561. The Labute approximate surface area is 152 Å². The highest BCUT2D eigenvalue weighted by atomic mass is 35.5. The summed E-state index contributed by atoms with van der Waals surface area (Å²) in [5.74, 6) is -2.07. The number of rotatable bonds is 0. The smallest absolute Gasteiger partial charge is 0.255 e. The maximum Gasteiger partial charge on any atom is 0.255 e. The topological polar surface area (TPSA) is 56.9 Å². The van der Waals surface area contributed by atoms with Crippen molar-refractivity contribution in [3.8, 4) is 0 Å². The zero-order chi connectivity index (χ0) is 18.2. The van der Waals surface area contributed by atoms with Crippen LogP contribution in [0, 0.1) is 11.6 Å². The van der Waals surface area contributed by atoms with Crippen molar-refractivity contribution in [3.63, 3.8) is 0 Å². The van der Waals surface area contributed by atoms with Crippen molar-refractivity contribution in [2.75, 3.05) is 5.32 Å². The van der Waals surface area contributed by atoms with Gasteiger partial charge in [-0.15, -0.1) is 0 Å². The van der Waals surface area contributed by atoms with E-state index in [4.69, 9.17) is 11.6 Å². The van der Waals surface area contributed by atoms with Crippen molar-refractivity contribution in [2.24, 2.45) is 0 Å². The predicted molar refractivity (Wildman–Crippen MR) is 95.4 cm³/mol. The Hall–Kier alpha value is -2.44. The van der Waals surface area contributed by atoms with Crippen molar-refractivity contribution < 1.29 is 13.6 Å². The van der Waals surface area contributed by atoms with Crippen LogP contribution in [0.15, 0.2) is 30.3 Å². The average Bonchev–Trinajstić information content (AvgIpc) is 3.06. The SMILES string of the molecule is C[C@@H]1Cc2c([nH]c3cc(F)c(F)cc23)[C@]2(N1)C(=O)Nc1ccc(Cl)cc12. The molecule has 2 atom stereocenters. The predicted octanol–water partition coefficient (Wildman–Crippen LogP) is 3.83. The monoisotopic (exact) mass is 373 g/mol. The van der Waals surface area contributed by atoms with Gasteiger partial charge in [-0.25, -0.2) is 8.78 Å². The normalized spacial score (nSPS) is 24.0. The molecule has 0 unspecified atom stereocenters. The number of aromatic nitrogens is 1. The van der Waals surface area contributed by atoms with E-state index in [2.05, 4.69) is 15.6 Å². The number of amides is 1. The van der Waals surface area contributed by atoms with Gasteiger partial charge in [0, 0.05) is 39.3 Å². The van der Waals surface area contributed by atoms with E-state index in [0.717, 1.165) is 11.6 Å². The maximum absolute atomic E-state index is 13.8. The highest BCUT2D eigenvalue weighted by Gasteiger charge is 2.53. The van der Waals surface area contributed by atoms with Crippen molar-refractivity contribution in [1.82, 2.24) is 10.3 Å². The molecule has 0 fully saturated rings. The van der Waals surface area contributed by atoms with Crippen molar-refractivity contribution in [2.45, 2.75) is 24.9 Å². The lowest BCUT2D eigenvalue weighted by Gasteiger charge is -2.37. The summed E-state index contributed by atoms with van der Waals surface area (Å²) in [5.41, 5.74) is 2.09. The summed E-state index contributed by atoms with van der Waals surface area (Å²) >= 11 is 6.18. The van der Waals surface area contributed by atoms with Crippen LogP contribution >= 0.6 is 11.6 Å². The molecule has 0 bridgehead atoms. The number of carbonyl (C=O) groups excluding carboxylic acids is 1. The van der Waals surface area contributed by atoms with E-state index in [9.17, 15) is 13.6 Å². The number of H-pyrrole nitrogens is 1. The summed E-state index contributed by atoms with van der Waals surface area (Å²) in [6.07, 6.45) is 0.589. The summed E-state index contributed by atoms with van der Waals surface area (Å²) in [5, 5.41) is 7.37. The molecule has 0 saturated heterocycles. The van der Waals surface area contributed by atoms with Gasteiger partial charge in [-0.05, 0) is 43.2 Å². The van der Waals surface area contributed by atoms with Gasteiger partial charge in [-0.2, -0.15) is 0 Å². The van der Waals surface area contributed by atoms with Gasteiger partial charge in [-0.1, -0.05) is 11.6 Å². The van der Waals surface area contributed by atoms with Crippen molar-refractivity contribution >= 4 is 34.1 Å². The molecule has 0 aliphatic carbocycles. The lowest BCUT2D eigenvalue weighted by molar-refractivity contribution is -0.121. The second kappa shape index (κ2) is 5.05. The third kappa shape index (κ3) is 1.88. The lowest BCUT2D eigenvalue weighted by atomic mass is 9.80. The number of hydrogen-bond acceptors (Lipinski definition) is 2. The molecule has 4 nitrogen and oxygen atoms in total. The van der Waals surface area contributed by atoms with Gasteiger partial charge in [0.15, 0.2) is 17.2 Å². The third-order valence-electron chi connectivity index (χ3n) is 5.27. The Morgan fingerprint density at radius 3 is 2.77 bits per heavy atom. The molecule has 1 amide bonds. The van der Waals surface area contributed by atoms with Crippen LogP contribution < -0.4 is 10.6 Å². The molecule has 3 aromatic rings. The van der Waals surface area contributed by atoms with E-state index in [1.165, 1.54) is 6.07 Å². The summed E-state index contributed by atoms with van der Waals surface area (Å²) in [4.78, 5) is 16.2. The Morgan fingerprint density at radius 1 is 1.19 bits per heavy atom. The Bertz CT molecular complexity index is 1110. The van der Waals surface area contributed by atoms with Crippen LogP contribution in [0.25, 0.3) is 10.9 Å². The van der Waals surface area contributed by atoms with E-state index in [-0.39, 0.29) is 11.9 Å². The molecule has 0 saturated carbocycles. The van der Waals surface area contributed by atoms with Gasteiger partial charge in [0.1, 0.15) is 0 Å². The summed E-state index contributed by atoms with van der Waals surface area (Å²) in [6, 6.07) is 7.49. The van der Waals surface area contributed by atoms with Gasteiger partial charge < -0.3 is 10.3 Å². The van der Waals surface area contributed by atoms with Crippen LogP contribution in [0.4, 0.5) is 14.5 Å². The van der Waals surface area contributed by atoms with Gasteiger partial charge >= 0.3 is 0 Å². The molecule has 1 spiro atoms. The van der Waals surface area contributed by atoms with Gasteiger partial charge in [0.05, 0.1) is 5.69 Å². The summed E-state index contributed by atoms with van der Waals surface area (Å²) in [6.45, 7) is 1.96. The minimum atomic E-state index is -1.17. The standard InChI is InChI=1S/C19H14ClF2N3O/c1-8-4-11-10-6-13(21)14(22)7-16(10)23-17(11)19(25-8)12-5-9(20)2-3-15(12)24-18(19)26/h2-3,5-8,23,25H,4H2,1H3,(H,24,26)/t8-,19+/m1/s1. The largest absolute Gasteiger partial charge is 0.356 e. The number of carbonyl (C=O) groups is 1. The first-order valence-corrected chi connectivity index (χ1v) is 8.67. The Morgan fingerprint density at radius 2 is 1.96 bits per heavy atom. The van der Waals surface area contributed by atoms with Gasteiger partial charge in [0.2, 0.25) is 0 Å². The number of anilines is 1. The molecular formula is C19H14ClF2N3O. The number of nitrogens with one attached hydrogen (secondary N) is 3. The van der Waals surface area contributed by atoms with E-state index >= 15 is 0 Å². The first-order chi connectivity index (χ1) is 12.4. The Balaban J connectivity index is 1.87. The number of fused-ring (bicyclic) bond motifs is 6. The van der Waals surface area contributed by atoms with E-state index < -0.39 is 17.2 Å². The molecule has 132 valence electrons. The molecular weight excluding hydrogens is 360 g/mol. The summed E-state index contributed by atoms with van der Waals surface area (Å²) < 4.78 is 27.5.